The molecule has 0 unspecified atom stereocenters. The Morgan fingerprint density at radius 1 is 1.06 bits per heavy atom. The van der Waals surface area contributed by atoms with Gasteiger partial charge in [-0.25, -0.2) is 4.98 Å². The number of aromatic nitrogens is 3. The maximum atomic E-state index is 13.2. The van der Waals surface area contributed by atoms with E-state index in [-0.39, 0.29) is 5.92 Å². The summed E-state index contributed by atoms with van der Waals surface area (Å²) in [6, 6.07) is 11.7. The molecule has 2 aliphatic rings. The molecule has 0 bridgehead atoms. The molecule has 0 atom stereocenters. The van der Waals surface area contributed by atoms with E-state index in [0.29, 0.717) is 28.7 Å². The van der Waals surface area contributed by atoms with Crippen molar-refractivity contribution in [1.29, 1.82) is 0 Å². The molecule has 9 heteroatoms. The average molecular weight is 495 g/mol. The third-order valence-corrected chi connectivity index (χ3v) is 7.26. The Hall–Kier alpha value is -2.97. The van der Waals surface area contributed by atoms with Crippen molar-refractivity contribution < 1.29 is 9.32 Å². The second-order valence-corrected chi connectivity index (χ2v) is 9.96. The molecule has 0 spiro atoms. The number of rotatable bonds is 5. The Kier molecular flexibility index (Phi) is 7.02. The van der Waals surface area contributed by atoms with Crippen molar-refractivity contribution in [3.8, 4) is 22.8 Å². The number of carbonyl (C=O) groups excluding carboxylic acids is 1. The van der Waals surface area contributed by atoms with Crippen molar-refractivity contribution in [2.45, 2.75) is 32.7 Å². The van der Waals surface area contributed by atoms with Crippen LogP contribution in [0.4, 0.5) is 5.82 Å². The van der Waals surface area contributed by atoms with Crippen molar-refractivity contribution in [2.24, 2.45) is 5.92 Å². The number of piperidine rings is 1. The lowest BCUT2D eigenvalue weighted by Crippen LogP contribution is -2.53. The summed E-state index contributed by atoms with van der Waals surface area (Å²) in [5.41, 5.74) is 1.59. The zero-order valence-electron chi connectivity index (χ0n) is 20.2. The molecular weight excluding hydrogens is 464 g/mol. The Bertz CT molecular complexity index is 1170. The lowest BCUT2D eigenvalue weighted by Gasteiger charge is -2.40. The van der Waals surface area contributed by atoms with E-state index >= 15 is 0 Å². The fourth-order valence-corrected chi connectivity index (χ4v) is 5.14. The molecule has 0 aliphatic carbocycles. The van der Waals surface area contributed by atoms with Crippen LogP contribution in [0.5, 0.6) is 0 Å². The predicted molar refractivity (Wildman–Crippen MR) is 136 cm³/mol. The quantitative estimate of drug-likeness (QED) is 0.525. The molecule has 5 rings (SSSR count). The summed E-state index contributed by atoms with van der Waals surface area (Å²) in [5.74, 6) is 2.09. The third kappa shape index (κ3) is 5.18. The van der Waals surface area contributed by atoms with E-state index < -0.39 is 0 Å². The highest BCUT2D eigenvalue weighted by Gasteiger charge is 2.32. The predicted octanol–water partition coefficient (Wildman–Crippen LogP) is 4.22. The van der Waals surface area contributed by atoms with Crippen LogP contribution < -0.4 is 4.90 Å². The molecule has 35 heavy (non-hydrogen) atoms. The van der Waals surface area contributed by atoms with E-state index in [1.165, 1.54) is 0 Å². The molecule has 0 saturated carbocycles. The Morgan fingerprint density at radius 3 is 2.54 bits per heavy atom. The van der Waals surface area contributed by atoms with Crippen molar-refractivity contribution in [3.05, 3.63) is 47.6 Å². The van der Waals surface area contributed by atoms with Crippen LogP contribution in [-0.2, 0) is 4.79 Å². The number of hydrogen-bond acceptors (Lipinski definition) is 7. The molecule has 3 aromatic rings. The van der Waals surface area contributed by atoms with Crippen LogP contribution in [0.3, 0.4) is 0 Å². The highest BCUT2D eigenvalue weighted by Crippen LogP contribution is 2.32. The molecule has 1 aromatic carbocycles. The Balaban J connectivity index is 1.25. The summed E-state index contributed by atoms with van der Waals surface area (Å²) >= 11 is 6.12. The van der Waals surface area contributed by atoms with E-state index in [2.05, 4.69) is 43.7 Å². The molecule has 0 radical (unpaired) electrons. The van der Waals surface area contributed by atoms with Crippen LogP contribution in [0, 0.1) is 5.92 Å². The molecule has 2 fully saturated rings. The lowest BCUT2D eigenvalue weighted by atomic mass is 9.94. The number of hydrogen-bond donors (Lipinski definition) is 0. The van der Waals surface area contributed by atoms with Gasteiger partial charge < -0.3 is 14.3 Å². The van der Waals surface area contributed by atoms with Gasteiger partial charge in [0.05, 0.1) is 5.56 Å². The van der Waals surface area contributed by atoms with Gasteiger partial charge >= 0.3 is 0 Å². The van der Waals surface area contributed by atoms with Gasteiger partial charge in [0.1, 0.15) is 5.82 Å². The van der Waals surface area contributed by atoms with Crippen molar-refractivity contribution in [3.63, 3.8) is 0 Å². The summed E-state index contributed by atoms with van der Waals surface area (Å²) in [5, 5.41) is 4.77. The number of anilines is 1. The second-order valence-electron chi connectivity index (χ2n) is 9.52. The zero-order valence-corrected chi connectivity index (χ0v) is 21.0. The first-order chi connectivity index (χ1) is 17.0. The van der Waals surface area contributed by atoms with Crippen LogP contribution >= 0.6 is 11.6 Å². The van der Waals surface area contributed by atoms with Gasteiger partial charge in [0, 0.05) is 68.0 Å². The van der Waals surface area contributed by atoms with E-state index in [1.807, 2.05) is 36.4 Å². The standard InChI is InChI=1S/C26H31ClN6O2/c1-18(2)31-13-15-33(16-14-31)26(34)19-8-11-32(12-9-19)24-22(7-4-10-28-24)25-29-23(30-35-25)20-5-3-6-21(27)17-20/h3-7,10,17-19H,8-9,11-16H2,1-2H3. The van der Waals surface area contributed by atoms with Crippen LogP contribution in [0.1, 0.15) is 26.7 Å². The molecule has 4 heterocycles. The molecule has 2 aromatic heterocycles. The molecule has 0 N–H and O–H groups in total. The fraction of sp³-hybridized carbons (Fsp3) is 0.462. The molecule has 8 nitrogen and oxygen atoms in total. The number of amides is 1. The summed E-state index contributed by atoms with van der Waals surface area (Å²) in [6.45, 7) is 9.53. The van der Waals surface area contributed by atoms with Gasteiger partial charge in [0.25, 0.3) is 5.89 Å². The van der Waals surface area contributed by atoms with Crippen molar-refractivity contribution in [2.75, 3.05) is 44.2 Å². The number of carbonyl (C=O) groups is 1. The molecular formula is C26H31ClN6O2. The van der Waals surface area contributed by atoms with Crippen LogP contribution in [0.2, 0.25) is 5.02 Å². The van der Waals surface area contributed by atoms with Gasteiger partial charge in [0.2, 0.25) is 11.7 Å². The summed E-state index contributed by atoms with van der Waals surface area (Å²) < 4.78 is 5.60. The van der Waals surface area contributed by atoms with E-state index in [9.17, 15) is 4.79 Å². The van der Waals surface area contributed by atoms with Crippen LogP contribution in [0.15, 0.2) is 47.1 Å². The zero-order chi connectivity index (χ0) is 24.4. The first-order valence-corrected chi connectivity index (χ1v) is 12.7. The van der Waals surface area contributed by atoms with E-state index in [4.69, 9.17) is 16.1 Å². The second kappa shape index (κ2) is 10.3. The van der Waals surface area contributed by atoms with Crippen LogP contribution in [0.25, 0.3) is 22.8 Å². The number of benzene rings is 1. The van der Waals surface area contributed by atoms with Gasteiger partial charge in [0.15, 0.2) is 0 Å². The third-order valence-electron chi connectivity index (χ3n) is 7.03. The molecule has 2 saturated heterocycles. The smallest absolute Gasteiger partial charge is 0.261 e. The number of piperazine rings is 1. The molecule has 2 aliphatic heterocycles. The highest BCUT2D eigenvalue weighted by atomic mass is 35.5. The summed E-state index contributed by atoms with van der Waals surface area (Å²) in [4.78, 5) is 29.1. The maximum Gasteiger partial charge on any atom is 0.261 e. The van der Waals surface area contributed by atoms with Crippen molar-refractivity contribution in [1.82, 2.24) is 24.9 Å². The minimum atomic E-state index is 0.0712. The summed E-state index contributed by atoms with van der Waals surface area (Å²) in [7, 11) is 0. The van der Waals surface area contributed by atoms with Gasteiger partial charge in [-0.2, -0.15) is 4.98 Å². The number of halogens is 1. The minimum Gasteiger partial charge on any atom is -0.356 e. The first kappa shape index (κ1) is 23.8. The monoisotopic (exact) mass is 494 g/mol. The lowest BCUT2D eigenvalue weighted by molar-refractivity contribution is -0.138. The van der Waals surface area contributed by atoms with Gasteiger partial charge in [-0.1, -0.05) is 28.9 Å². The van der Waals surface area contributed by atoms with E-state index in [0.717, 1.165) is 69.1 Å². The maximum absolute atomic E-state index is 13.2. The van der Waals surface area contributed by atoms with Gasteiger partial charge in [-0.05, 0) is 51.0 Å². The molecule has 184 valence electrons. The van der Waals surface area contributed by atoms with Crippen molar-refractivity contribution >= 4 is 23.3 Å². The highest BCUT2D eigenvalue weighted by molar-refractivity contribution is 6.30. The topological polar surface area (TPSA) is 78.6 Å². The first-order valence-electron chi connectivity index (χ1n) is 12.3. The number of nitrogens with zero attached hydrogens (tertiary/aromatic N) is 6. The van der Waals surface area contributed by atoms with Gasteiger partial charge in [-0.3, -0.25) is 9.69 Å². The normalized spacial score (nSPS) is 17.8. The van der Waals surface area contributed by atoms with E-state index in [1.54, 1.807) is 6.20 Å². The summed E-state index contributed by atoms with van der Waals surface area (Å²) in [6.07, 6.45) is 3.41. The average Bonchev–Trinajstić information content (AvgIpc) is 3.39. The fourth-order valence-electron chi connectivity index (χ4n) is 4.95. The van der Waals surface area contributed by atoms with Crippen LogP contribution in [-0.4, -0.2) is 76.1 Å². The largest absolute Gasteiger partial charge is 0.356 e. The molecule has 1 amide bonds. The van der Waals surface area contributed by atoms with Gasteiger partial charge in [-0.15, -0.1) is 0 Å². The Labute approximate surface area is 210 Å². The Morgan fingerprint density at radius 2 is 1.83 bits per heavy atom. The SMILES string of the molecule is CC(C)N1CCN(C(=O)C2CCN(c3ncccc3-c3nc(-c4cccc(Cl)c4)no3)CC2)CC1. The number of pyridine rings is 1. The minimum absolute atomic E-state index is 0.0712.